The Bertz CT molecular complexity index is 2680. The van der Waals surface area contributed by atoms with Crippen LogP contribution in [0.25, 0.3) is 10.9 Å². The summed E-state index contributed by atoms with van der Waals surface area (Å²) in [6, 6.07) is 0.322. The highest BCUT2D eigenvalue weighted by Gasteiger charge is 2.36. The Kier molecular flexibility index (Phi) is 26.7. The average Bonchev–Trinajstić information content (AvgIpc) is 3.80. The molecule has 446 valence electrons. The van der Waals surface area contributed by atoms with Crippen LogP contribution < -0.4 is 65.1 Å². The number of hydrogen-bond acceptors (Lipinski definition) is 15. The highest BCUT2D eigenvalue weighted by molar-refractivity contribution is 5.99. The molecule has 3 aromatic rings. The van der Waals surface area contributed by atoms with Gasteiger partial charge in [-0.3, -0.25) is 52.7 Å². The Labute approximate surface area is 469 Å². The van der Waals surface area contributed by atoms with Crippen molar-refractivity contribution in [2.24, 2.45) is 35.0 Å². The molecule has 0 aliphatic rings. The van der Waals surface area contributed by atoms with E-state index in [0.717, 1.165) is 16.5 Å². The van der Waals surface area contributed by atoms with Crippen LogP contribution in [0.4, 0.5) is 0 Å². The molecule has 0 bridgehead atoms. The zero-order chi connectivity index (χ0) is 60.8. The maximum Gasteiger partial charge on any atom is 0.245 e. The van der Waals surface area contributed by atoms with Crippen LogP contribution in [-0.4, -0.2) is 159 Å². The number of phenolic OH excluding ortho intramolecular Hbond substituents is 1. The average molecular weight is 1140 g/mol. The van der Waals surface area contributed by atoms with E-state index in [-0.39, 0.29) is 55.6 Å². The van der Waals surface area contributed by atoms with E-state index in [0.29, 0.717) is 5.56 Å². The third-order valence-corrected chi connectivity index (χ3v) is 12.6. The van der Waals surface area contributed by atoms with E-state index in [1.54, 1.807) is 20.0 Å². The second-order valence-corrected chi connectivity index (χ2v) is 21.3. The monoisotopic (exact) mass is 1140 g/mol. The molecule has 27 nitrogen and oxygen atoms in total. The minimum absolute atomic E-state index is 0.00865. The molecule has 1 heterocycles. The highest BCUT2D eigenvalue weighted by atomic mass is 16.3. The number of aromatic hydroxyl groups is 1. The number of amides is 11. The Morgan fingerprint density at radius 2 is 1.04 bits per heavy atom. The summed E-state index contributed by atoms with van der Waals surface area (Å²) >= 11 is 0. The lowest BCUT2D eigenvalue weighted by Crippen LogP contribution is -2.61. The number of phenols is 1. The third-order valence-electron chi connectivity index (χ3n) is 12.6. The van der Waals surface area contributed by atoms with E-state index in [4.69, 9.17) is 17.2 Å². The van der Waals surface area contributed by atoms with E-state index < -0.39 is 145 Å². The largest absolute Gasteiger partial charge is 0.508 e. The molecule has 10 atom stereocenters. The van der Waals surface area contributed by atoms with Crippen molar-refractivity contribution in [1.82, 2.24) is 52.8 Å². The molecule has 0 unspecified atom stereocenters. The van der Waals surface area contributed by atoms with Gasteiger partial charge in [0.25, 0.3) is 0 Å². The van der Waals surface area contributed by atoms with Crippen molar-refractivity contribution >= 4 is 75.9 Å². The van der Waals surface area contributed by atoms with Crippen LogP contribution in [0.1, 0.15) is 92.2 Å². The van der Waals surface area contributed by atoms with Gasteiger partial charge in [-0.2, -0.15) is 0 Å². The second kappa shape index (κ2) is 32.2. The van der Waals surface area contributed by atoms with Crippen LogP contribution in [0.5, 0.6) is 5.75 Å². The molecule has 0 fully saturated rings. The van der Waals surface area contributed by atoms with E-state index >= 15 is 0 Å². The van der Waals surface area contributed by atoms with E-state index in [2.05, 4.69) is 52.8 Å². The van der Waals surface area contributed by atoms with Gasteiger partial charge in [-0.1, -0.05) is 71.9 Å². The first-order valence-electron chi connectivity index (χ1n) is 26.6. The van der Waals surface area contributed by atoms with Gasteiger partial charge >= 0.3 is 0 Å². The van der Waals surface area contributed by atoms with Crippen LogP contribution in [-0.2, 0) is 65.6 Å². The van der Waals surface area contributed by atoms with Crippen LogP contribution in [0.2, 0.25) is 0 Å². The number of primary amides is 2. The SMILES string of the molecule is CC(C)C[C@H](NC(=O)[C@@H](Cc1ccc(O)cc1)NC(=O)CNC(=O)[C@H](C)NC(=O)[C@H](CO)NC(=O)[C@H](CC(N)=O)NC(=O)[C@H](CC(C)C)NC(=O)[C@H](NC(=O)[C@@H](N)Cc1c[nH]c2ccccc12)[C@H](C)O)C(=O)N[C@H](CC(C)C)C(N)=O. The number of nitrogens with one attached hydrogen (secondary N) is 10. The van der Waals surface area contributed by atoms with E-state index in [9.17, 15) is 68.1 Å². The van der Waals surface area contributed by atoms with Gasteiger partial charge in [0.2, 0.25) is 65.0 Å². The van der Waals surface area contributed by atoms with Crippen molar-refractivity contribution < 1.29 is 68.1 Å². The van der Waals surface area contributed by atoms with Crippen molar-refractivity contribution in [3.63, 3.8) is 0 Å². The maximum atomic E-state index is 13.9. The molecule has 3 rings (SSSR count). The lowest BCUT2D eigenvalue weighted by atomic mass is 9.99. The zero-order valence-electron chi connectivity index (χ0n) is 46.9. The number of carbonyl (C=O) groups is 11. The molecule has 0 radical (unpaired) electrons. The fraction of sp³-hybridized carbons (Fsp3) is 0.537. The summed E-state index contributed by atoms with van der Waals surface area (Å²) in [6.45, 7) is 11.3. The van der Waals surface area contributed by atoms with Crippen molar-refractivity contribution in [2.45, 2.75) is 154 Å². The third kappa shape index (κ3) is 22.5. The fourth-order valence-electron chi connectivity index (χ4n) is 8.40. The number of para-hydroxylation sites is 1. The van der Waals surface area contributed by atoms with Crippen LogP contribution in [0.3, 0.4) is 0 Å². The lowest BCUT2D eigenvalue weighted by molar-refractivity contribution is -0.137. The van der Waals surface area contributed by atoms with Gasteiger partial charge in [0.15, 0.2) is 0 Å². The molecule has 1 aromatic heterocycles. The summed E-state index contributed by atoms with van der Waals surface area (Å²) in [6.07, 6.45) is -0.363. The Morgan fingerprint density at radius 1 is 0.543 bits per heavy atom. The normalized spacial score (nSPS) is 15.0. The molecule has 0 saturated carbocycles. The Morgan fingerprint density at radius 3 is 1.58 bits per heavy atom. The summed E-state index contributed by atoms with van der Waals surface area (Å²) in [5, 5.41) is 53.2. The van der Waals surface area contributed by atoms with Crippen molar-refractivity contribution in [3.8, 4) is 5.75 Å². The minimum atomic E-state index is -1.80. The fourth-order valence-corrected chi connectivity index (χ4v) is 8.40. The van der Waals surface area contributed by atoms with Gasteiger partial charge in [0.1, 0.15) is 54.1 Å². The van der Waals surface area contributed by atoms with Crippen LogP contribution in [0.15, 0.2) is 54.7 Å². The molecule has 11 amide bonds. The first-order chi connectivity index (χ1) is 38.0. The van der Waals surface area contributed by atoms with Gasteiger partial charge in [-0.15, -0.1) is 0 Å². The summed E-state index contributed by atoms with van der Waals surface area (Å²) in [5.74, 6) is -10.7. The number of fused-ring (bicyclic) bond motifs is 1. The molecule has 0 saturated heterocycles. The van der Waals surface area contributed by atoms with Gasteiger partial charge in [-0.25, -0.2) is 0 Å². The number of aromatic amines is 1. The topological polar surface area (TPSA) is 451 Å². The summed E-state index contributed by atoms with van der Waals surface area (Å²) in [7, 11) is 0. The smallest absolute Gasteiger partial charge is 0.245 e. The number of benzene rings is 2. The van der Waals surface area contributed by atoms with Crippen molar-refractivity contribution in [1.29, 1.82) is 0 Å². The Hall–Kier alpha value is -8.17. The summed E-state index contributed by atoms with van der Waals surface area (Å²) in [5.41, 5.74) is 19.2. The van der Waals surface area contributed by atoms with E-state index in [1.807, 2.05) is 52.0 Å². The number of rotatable bonds is 33. The first-order valence-corrected chi connectivity index (χ1v) is 26.6. The molecule has 0 aliphatic carbocycles. The molecule has 0 spiro atoms. The molecule has 19 N–H and O–H groups in total. The van der Waals surface area contributed by atoms with Crippen LogP contribution in [0, 0.1) is 17.8 Å². The molecular formula is C54H81N13O14. The molecule has 2 aromatic carbocycles. The number of H-pyrrole nitrogens is 1. The Balaban J connectivity index is 1.67. The predicted octanol–water partition coefficient (Wildman–Crippen LogP) is -3.13. The maximum absolute atomic E-state index is 13.9. The molecule has 0 aliphatic heterocycles. The number of aliphatic hydroxyl groups is 2. The van der Waals surface area contributed by atoms with Crippen LogP contribution >= 0.6 is 0 Å². The number of carbonyl (C=O) groups excluding carboxylic acids is 11. The molecule has 27 heteroatoms. The predicted molar refractivity (Wildman–Crippen MR) is 296 cm³/mol. The lowest BCUT2D eigenvalue weighted by Gasteiger charge is -2.28. The van der Waals surface area contributed by atoms with Gasteiger partial charge in [-0.05, 0) is 86.6 Å². The molecule has 81 heavy (non-hydrogen) atoms. The standard InChI is InChI=1S/C54H81N13O14/c1-26(2)17-37(46(57)73)62-49(76)38(18-27(3)4)63-51(78)40(20-31-13-15-33(70)16-14-31)61-44(72)24-59-47(74)29(7)60-53(80)42(25-68)66-52(79)41(22-43(56)71)64-50(77)39(19-28(5)6)65-54(81)45(30(8)69)67-48(75)35(55)21-32-23-58-36-12-10-9-11-34(32)36/h9-16,23,26-30,35,37-42,45,58,68-70H,17-22,24-25,55H2,1-8H3,(H2,56,71)(H2,57,73)(H,59,74)(H,60,80)(H,61,72)(H,62,76)(H,63,78)(H,64,77)(H,65,81)(H,66,79)(H,67,75)/t29-,30-,35-,37+,38-,39-,40+,41-,42-,45+/m0/s1. The summed E-state index contributed by atoms with van der Waals surface area (Å²) < 4.78 is 0. The minimum Gasteiger partial charge on any atom is -0.508 e. The summed E-state index contributed by atoms with van der Waals surface area (Å²) in [4.78, 5) is 149. The first kappa shape index (κ1) is 67.1. The number of hydrogen-bond donors (Lipinski definition) is 16. The van der Waals surface area contributed by atoms with Crippen molar-refractivity contribution in [3.05, 3.63) is 65.9 Å². The van der Waals surface area contributed by atoms with E-state index in [1.165, 1.54) is 38.1 Å². The second-order valence-electron chi connectivity index (χ2n) is 21.3. The number of aliphatic hydroxyl groups excluding tert-OH is 2. The molecular weight excluding hydrogens is 1050 g/mol. The van der Waals surface area contributed by atoms with Gasteiger partial charge < -0.3 is 85.4 Å². The van der Waals surface area contributed by atoms with Crippen molar-refractivity contribution in [2.75, 3.05) is 13.2 Å². The highest BCUT2D eigenvalue weighted by Crippen LogP contribution is 2.19. The van der Waals surface area contributed by atoms with Gasteiger partial charge in [0, 0.05) is 23.5 Å². The quantitative estimate of drug-likeness (QED) is 0.0287. The number of aromatic nitrogens is 1. The number of nitrogens with two attached hydrogens (primary N) is 3. The zero-order valence-corrected chi connectivity index (χ0v) is 46.9. The van der Waals surface area contributed by atoms with Gasteiger partial charge in [0.05, 0.1) is 31.7 Å².